The van der Waals surface area contributed by atoms with E-state index in [2.05, 4.69) is 32.3 Å². The van der Waals surface area contributed by atoms with Crippen LogP contribution in [0, 0.1) is 0 Å². The van der Waals surface area contributed by atoms with Gasteiger partial charge in [0, 0.05) is 44.2 Å². The summed E-state index contributed by atoms with van der Waals surface area (Å²) in [6, 6.07) is 12.2. The highest BCUT2D eigenvalue weighted by atomic mass is 35.5. The number of nitrogens with one attached hydrogen (secondary N) is 1. The minimum atomic E-state index is -0.0500. The smallest absolute Gasteiger partial charge is 0.230 e. The third kappa shape index (κ3) is 7.61. The summed E-state index contributed by atoms with van der Waals surface area (Å²) in [6.07, 6.45) is 2.31. The number of hydrogen-bond acceptors (Lipinski definition) is 6. The van der Waals surface area contributed by atoms with Gasteiger partial charge >= 0.3 is 0 Å². The molecule has 33 heavy (non-hydrogen) atoms. The van der Waals surface area contributed by atoms with Crippen LogP contribution < -0.4 is 10.2 Å². The molecule has 2 heterocycles. The first-order valence-corrected chi connectivity index (χ1v) is 12.8. The molecule has 1 fully saturated rings. The van der Waals surface area contributed by atoms with Crippen LogP contribution in [0.15, 0.2) is 41.6 Å². The van der Waals surface area contributed by atoms with Crippen molar-refractivity contribution in [2.75, 3.05) is 30.3 Å². The molecule has 1 saturated heterocycles. The minimum Gasteiger partial charge on any atom is -0.353 e. The Morgan fingerprint density at radius 1 is 1.24 bits per heavy atom. The van der Waals surface area contributed by atoms with Crippen molar-refractivity contribution >= 4 is 41.0 Å². The number of halogens is 1. The molecule has 1 N–H and O–H groups in total. The van der Waals surface area contributed by atoms with Gasteiger partial charge in [-0.1, -0.05) is 60.6 Å². The van der Waals surface area contributed by atoms with E-state index in [0.29, 0.717) is 36.4 Å². The predicted molar refractivity (Wildman–Crippen MR) is 134 cm³/mol. The zero-order valence-electron chi connectivity index (χ0n) is 19.5. The number of aromatic nitrogens is 2. The molecule has 0 spiro atoms. The number of amides is 2. The molecule has 7 nitrogen and oxygen atoms in total. The Morgan fingerprint density at radius 3 is 2.70 bits per heavy atom. The number of carbonyl (C=O) groups is 2. The van der Waals surface area contributed by atoms with E-state index in [0.717, 1.165) is 18.7 Å². The van der Waals surface area contributed by atoms with Gasteiger partial charge in [0.05, 0.1) is 5.75 Å². The van der Waals surface area contributed by atoms with E-state index in [9.17, 15) is 9.59 Å². The molecule has 2 unspecified atom stereocenters. The zero-order valence-corrected chi connectivity index (χ0v) is 21.0. The van der Waals surface area contributed by atoms with Crippen molar-refractivity contribution in [1.82, 2.24) is 20.2 Å². The highest BCUT2D eigenvalue weighted by Gasteiger charge is 2.27. The van der Waals surface area contributed by atoms with Crippen LogP contribution in [0.1, 0.15) is 39.2 Å². The van der Waals surface area contributed by atoms with Gasteiger partial charge in [-0.05, 0) is 32.3 Å². The van der Waals surface area contributed by atoms with Gasteiger partial charge in [-0.15, -0.1) is 0 Å². The van der Waals surface area contributed by atoms with Crippen molar-refractivity contribution in [3.05, 3.63) is 47.1 Å². The predicted octanol–water partition coefficient (Wildman–Crippen LogP) is 3.81. The van der Waals surface area contributed by atoms with Gasteiger partial charge in [-0.2, -0.15) is 0 Å². The van der Waals surface area contributed by atoms with Crippen molar-refractivity contribution in [1.29, 1.82) is 0 Å². The third-order valence-corrected chi connectivity index (χ3v) is 6.72. The van der Waals surface area contributed by atoms with Crippen molar-refractivity contribution in [2.45, 2.75) is 57.3 Å². The average Bonchev–Trinajstić information content (AvgIpc) is 2.81. The summed E-state index contributed by atoms with van der Waals surface area (Å²) in [5.41, 5.74) is 1.27. The Balaban J connectivity index is 1.50. The molecule has 2 amide bonds. The molecule has 1 aliphatic rings. The molecule has 2 aromatic rings. The molecule has 178 valence electrons. The Morgan fingerprint density at radius 2 is 2.00 bits per heavy atom. The highest BCUT2D eigenvalue weighted by molar-refractivity contribution is 7.99. The number of piperazine rings is 1. The van der Waals surface area contributed by atoms with Gasteiger partial charge in [0.15, 0.2) is 5.16 Å². The minimum absolute atomic E-state index is 0.0500. The van der Waals surface area contributed by atoms with E-state index < -0.39 is 0 Å². The van der Waals surface area contributed by atoms with Crippen LogP contribution in [-0.4, -0.2) is 64.2 Å². The summed E-state index contributed by atoms with van der Waals surface area (Å²) in [6.45, 7) is 7.97. The molecule has 1 aromatic heterocycles. The van der Waals surface area contributed by atoms with E-state index in [4.69, 9.17) is 11.6 Å². The lowest BCUT2D eigenvalue weighted by Crippen LogP contribution is -2.54. The normalized spacial score (nSPS) is 17.0. The summed E-state index contributed by atoms with van der Waals surface area (Å²) in [4.78, 5) is 37.4. The largest absolute Gasteiger partial charge is 0.353 e. The second-order valence-electron chi connectivity index (χ2n) is 8.35. The van der Waals surface area contributed by atoms with Crippen LogP contribution in [0.2, 0.25) is 5.15 Å². The van der Waals surface area contributed by atoms with E-state index in [1.54, 1.807) is 6.07 Å². The van der Waals surface area contributed by atoms with Crippen molar-refractivity contribution < 1.29 is 9.59 Å². The summed E-state index contributed by atoms with van der Waals surface area (Å²) in [5.74, 6) is 1.07. The fourth-order valence-corrected chi connectivity index (χ4v) is 4.79. The molecule has 2 atom stereocenters. The van der Waals surface area contributed by atoms with Crippen LogP contribution in [0.5, 0.6) is 0 Å². The number of thioether (sulfide) groups is 1. The number of anilines is 1. The molecule has 0 aliphatic carbocycles. The first-order valence-electron chi connectivity index (χ1n) is 11.4. The number of nitrogens with zero attached hydrogens (tertiary/aromatic N) is 4. The molecule has 1 aliphatic heterocycles. The Bertz CT molecular complexity index is 946. The molecule has 0 bridgehead atoms. The van der Waals surface area contributed by atoms with Gasteiger partial charge in [-0.3, -0.25) is 9.59 Å². The second kappa shape index (κ2) is 12.2. The molecule has 0 saturated carbocycles. The van der Waals surface area contributed by atoms with E-state index in [1.165, 1.54) is 17.3 Å². The van der Waals surface area contributed by atoms with Crippen LogP contribution in [0.3, 0.4) is 0 Å². The SMILES string of the molecule is CCC(=O)N1CCN(c2cc(Cl)nc(SCC(=O)NC(C)CCc3ccccc3)n2)CC1C. The summed E-state index contributed by atoms with van der Waals surface area (Å²) < 4.78 is 0. The quantitative estimate of drug-likeness (QED) is 0.328. The van der Waals surface area contributed by atoms with Crippen molar-refractivity contribution in [3.8, 4) is 0 Å². The van der Waals surface area contributed by atoms with Crippen molar-refractivity contribution in [2.24, 2.45) is 0 Å². The maximum absolute atomic E-state index is 12.4. The standard InChI is InChI=1S/C24H32ClN5O2S/c1-4-23(32)30-13-12-29(15-18(30)3)21-14-20(25)27-24(28-21)33-16-22(31)26-17(2)10-11-19-8-6-5-7-9-19/h5-9,14,17-18H,4,10-13,15-16H2,1-3H3,(H,26,31). The highest BCUT2D eigenvalue weighted by Crippen LogP contribution is 2.24. The van der Waals surface area contributed by atoms with Gasteiger partial charge in [0.25, 0.3) is 0 Å². The number of hydrogen-bond donors (Lipinski definition) is 1. The first kappa shape index (κ1) is 25.3. The lowest BCUT2D eigenvalue weighted by atomic mass is 10.1. The topological polar surface area (TPSA) is 78.4 Å². The van der Waals surface area contributed by atoms with Gasteiger partial charge < -0.3 is 15.1 Å². The molecule has 0 radical (unpaired) electrons. The monoisotopic (exact) mass is 489 g/mol. The molecule has 3 rings (SSSR count). The van der Waals surface area contributed by atoms with Crippen LogP contribution in [-0.2, 0) is 16.0 Å². The molecule has 9 heteroatoms. The fraction of sp³-hybridized carbons (Fsp3) is 0.500. The average molecular weight is 490 g/mol. The maximum atomic E-state index is 12.4. The Kier molecular flexibility index (Phi) is 9.38. The number of benzene rings is 1. The lowest BCUT2D eigenvalue weighted by molar-refractivity contribution is -0.133. The van der Waals surface area contributed by atoms with Gasteiger partial charge in [0.2, 0.25) is 11.8 Å². The third-order valence-electron chi connectivity index (χ3n) is 5.68. The summed E-state index contributed by atoms with van der Waals surface area (Å²) in [7, 11) is 0. The molecular weight excluding hydrogens is 458 g/mol. The zero-order chi connectivity index (χ0) is 23.8. The van der Waals surface area contributed by atoms with E-state index in [-0.39, 0.29) is 29.7 Å². The van der Waals surface area contributed by atoms with Gasteiger partial charge in [0.1, 0.15) is 11.0 Å². The van der Waals surface area contributed by atoms with E-state index >= 15 is 0 Å². The number of carbonyl (C=O) groups excluding carboxylic acids is 2. The van der Waals surface area contributed by atoms with E-state index in [1.807, 2.05) is 43.9 Å². The van der Waals surface area contributed by atoms with Crippen LogP contribution in [0.25, 0.3) is 0 Å². The second-order valence-corrected chi connectivity index (χ2v) is 9.68. The van der Waals surface area contributed by atoms with Gasteiger partial charge in [-0.25, -0.2) is 9.97 Å². The van der Waals surface area contributed by atoms with Crippen LogP contribution >= 0.6 is 23.4 Å². The summed E-state index contributed by atoms with van der Waals surface area (Å²) in [5, 5.41) is 3.87. The number of rotatable bonds is 9. The van der Waals surface area contributed by atoms with Crippen molar-refractivity contribution in [3.63, 3.8) is 0 Å². The Hall–Kier alpha value is -2.32. The molecular formula is C24H32ClN5O2S. The Labute approximate surface area is 205 Å². The number of aryl methyl sites for hydroxylation is 1. The molecule has 1 aromatic carbocycles. The van der Waals surface area contributed by atoms with Crippen LogP contribution in [0.4, 0.5) is 5.82 Å². The summed E-state index contributed by atoms with van der Waals surface area (Å²) >= 11 is 7.53. The first-order chi connectivity index (χ1) is 15.9. The maximum Gasteiger partial charge on any atom is 0.230 e. The lowest BCUT2D eigenvalue weighted by Gasteiger charge is -2.40. The fourth-order valence-electron chi connectivity index (χ4n) is 3.90.